The van der Waals surface area contributed by atoms with E-state index >= 15 is 0 Å². The van der Waals surface area contributed by atoms with Gasteiger partial charge in [-0.1, -0.05) is 44.2 Å². The van der Waals surface area contributed by atoms with Crippen molar-refractivity contribution in [3.63, 3.8) is 0 Å². The number of hydrogen-bond acceptors (Lipinski definition) is 6. The number of aliphatic carboxylic acids is 1. The maximum Gasteiger partial charge on any atom is 0.326 e. The van der Waals surface area contributed by atoms with E-state index in [1.165, 1.54) is 9.80 Å². The number of amides is 3. The Balaban J connectivity index is 1.67. The van der Waals surface area contributed by atoms with Crippen molar-refractivity contribution < 1.29 is 29.4 Å². The maximum atomic E-state index is 13.5. The summed E-state index contributed by atoms with van der Waals surface area (Å²) in [6.45, 7) is 4.24. The van der Waals surface area contributed by atoms with E-state index in [1.54, 1.807) is 13.8 Å². The van der Waals surface area contributed by atoms with Crippen molar-refractivity contribution in [2.75, 3.05) is 13.1 Å². The van der Waals surface area contributed by atoms with Gasteiger partial charge in [0, 0.05) is 19.1 Å². The monoisotopic (exact) mass is 488 g/mol. The SMILES string of the molecule is CC(C)C(NC(=O)C(O)C(N)Cc1ccccc1)C(=O)N1CCCC1C(=O)N1CCCC1C(=O)O. The molecule has 10 heteroatoms. The van der Waals surface area contributed by atoms with E-state index < -0.39 is 48.1 Å². The van der Waals surface area contributed by atoms with Gasteiger partial charge in [0.15, 0.2) is 0 Å². The average Bonchev–Trinajstić information content (AvgIpc) is 3.51. The van der Waals surface area contributed by atoms with Gasteiger partial charge in [-0.25, -0.2) is 4.79 Å². The summed E-state index contributed by atoms with van der Waals surface area (Å²) >= 11 is 0. The zero-order valence-electron chi connectivity index (χ0n) is 20.3. The van der Waals surface area contributed by atoms with Crippen molar-refractivity contribution in [1.29, 1.82) is 0 Å². The molecule has 2 saturated heterocycles. The molecule has 0 spiro atoms. The van der Waals surface area contributed by atoms with Crippen LogP contribution in [0, 0.1) is 5.92 Å². The highest BCUT2D eigenvalue weighted by molar-refractivity contribution is 5.94. The summed E-state index contributed by atoms with van der Waals surface area (Å²) < 4.78 is 0. The first-order valence-electron chi connectivity index (χ1n) is 12.2. The zero-order valence-corrected chi connectivity index (χ0v) is 20.3. The Morgan fingerprint density at radius 3 is 2.23 bits per heavy atom. The van der Waals surface area contributed by atoms with E-state index in [0.29, 0.717) is 45.2 Å². The number of carbonyl (C=O) groups excluding carboxylic acids is 3. The molecular formula is C25H36N4O6. The standard InChI is InChI=1S/C25H36N4O6/c1-15(2)20(27-22(31)21(30)17(26)14-16-8-4-3-5-9-16)24(33)28-12-6-10-18(28)23(32)29-13-7-11-19(29)25(34)35/h3-5,8-9,15,17-21,30H,6-7,10-14,26H2,1-2H3,(H,27,31)(H,34,35). The highest BCUT2D eigenvalue weighted by Crippen LogP contribution is 2.26. The summed E-state index contributed by atoms with van der Waals surface area (Å²) in [7, 11) is 0. The Morgan fingerprint density at radius 2 is 1.63 bits per heavy atom. The summed E-state index contributed by atoms with van der Waals surface area (Å²) in [5.41, 5.74) is 6.94. The Kier molecular flexibility index (Phi) is 8.85. The van der Waals surface area contributed by atoms with E-state index in [9.17, 15) is 29.4 Å². The molecule has 10 nitrogen and oxygen atoms in total. The molecule has 2 heterocycles. The molecule has 2 aliphatic rings. The summed E-state index contributed by atoms with van der Waals surface area (Å²) in [5, 5.41) is 22.6. The molecular weight excluding hydrogens is 452 g/mol. The number of aliphatic hydroxyl groups is 1. The molecule has 35 heavy (non-hydrogen) atoms. The first-order chi connectivity index (χ1) is 16.6. The van der Waals surface area contributed by atoms with Crippen LogP contribution < -0.4 is 11.1 Å². The molecule has 5 unspecified atom stereocenters. The predicted molar refractivity (Wildman–Crippen MR) is 128 cm³/mol. The first kappa shape index (κ1) is 26.6. The third kappa shape index (κ3) is 6.18. The lowest BCUT2D eigenvalue weighted by Gasteiger charge is -2.33. The van der Waals surface area contributed by atoms with E-state index in [1.807, 2.05) is 30.3 Å². The second-order valence-electron chi connectivity index (χ2n) is 9.75. The van der Waals surface area contributed by atoms with Crippen LogP contribution in [0.4, 0.5) is 0 Å². The van der Waals surface area contributed by atoms with Crippen LogP contribution in [0.15, 0.2) is 30.3 Å². The quantitative estimate of drug-likeness (QED) is 0.385. The van der Waals surface area contributed by atoms with Gasteiger partial charge < -0.3 is 31.1 Å². The molecule has 5 atom stereocenters. The second kappa shape index (κ2) is 11.6. The molecule has 0 bridgehead atoms. The Labute approximate surface area is 205 Å². The topological polar surface area (TPSA) is 153 Å². The molecule has 3 rings (SSSR count). The highest BCUT2D eigenvalue weighted by Gasteiger charge is 2.44. The Bertz CT molecular complexity index is 924. The molecule has 192 valence electrons. The van der Waals surface area contributed by atoms with E-state index in [-0.39, 0.29) is 11.8 Å². The number of rotatable bonds is 9. The van der Waals surface area contributed by atoms with Gasteiger partial charge in [0.25, 0.3) is 5.91 Å². The fraction of sp³-hybridized carbons (Fsp3) is 0.600. The predicted octanol–water partition coefficient (Wildman–Crippen LogP) is 0.125. The summed E-state index contributed by atoms with van der Waals surface area (Å²) in [6.07, 6.45) is 0.830. The third-order valence-corrected chi connectivity index (χ3v) is 6.86. The molecule has 1 aromatic rings. The van der Waals surface area contributed by atoms with Crippen LogP contribution in [0.25, 0.3) is 0 Å². The number of carboxylic acids is 1. The van der Waals surface area contributed by atoms with Crippen LogP contribution in [-0.4, -0.2) is 87.1 Å². The number of carbonyl (C=O) groups is 4. The minimum Gasteiger partial charge on any atom is -0.480 e. The third-order valence-electron chi connectivity index (χ3n) is 6.86. The van der Waals surface area contributed by atoms with Crippen LogP contribution in [-0.2, 0) is 25.6 Å². The smallest absolute Gasteiger partial charge is 0.326 e. The van der Waals surface area contributed by atoms with Gasteiger partial charge in [-0.2, -0.15) is 0 Å². The van der Waals surface area contributed by atoms with Gasteiger partial charge in [0.05, 0.1) is 0 Å². The molecule has 3 amide bonds. The highest BCUT2D eigenvalue weighted by atomic mass is 16.4. The number of hydrogen-bond donors (Lipinski definition) is 4. The molecule has 0 radical (unpaired) electrons. The van der Waals surface area contributed by atoms with Crippen LogP contribution in [0.1, 0.15) is 45.1 Å². The van der Waals surface area contributed by atoms with Crippen molar-refractivity contribution in [2.45, 2.75) is 76.2 Å². The van der Waals surface area contributed by atoms with Crippen LogP contribution in [0.3, 0.4) is 0 Å². The largest absolute Gasteiger partial charge is 0.480 e. The number of benzene rings is 1. The second-order valence-corrected chi connectivity index (χ2v) is 9.75. The van der Waals surface area contributed by atoms with Crippen molar-refractivity contribution in [2.24, 2.45) is 11.7 Å². The van der Waals surface area contributed by atoms with E-state index in [2.05, 4.69) is 5.32 Å². The lowest BCUT2D eigenvalue weighted by molar-refractivity contribution is -0.152. The lowest BCUT2D eigenvalue weighted by atomic mass is 9.99. The molecule has 5 N–H and O–H groups in total. The number of aliphatic hydroxyl groups excluding tert-OH is 1. The number of nitrogens with two attached hydrogens (primary N) is 1. The van der Waals surface area contributed by atoms with Crippen molar-refractivity contribution in [3.05, 3.63) is 35.9 Å². The summed E-state index contributed by atoms with van der Waals surface area (Å²) in [4.78, 5) is 53.8. The van der Waals surface area contributed by atoms with Gasteiger partial charge in [-0.05, 0) is 43.6 Å². The molecule has 2 aliphatic heterocycles. The molecule has 0 aromatic heterocycles. The van der Waals surface area contributed by atoms with Gasteiger partial charge >= 0.3 is 5.97 Å². The first-order valence-corrected chi connectivity index (χ1v) is 12.2. The van der Waals surface area contributed by atoms with Gasteiger partial charge in [-0.15, -0.1) is 0 Å². The van der Waals surface area contributed by atoms with E-state index in [0.717, 1.165) is 5.56 Å². The minimum absolute atomic E-state index is 0.291. The minimum atomic E-state index is -1.51. The maximum absolute atomic E-state index is 13.5. The fourth-order valence-corrected chi connectivity index (χ4v) is 4.89. The molecule has 0 saturated carbocycles. The normalized spacial score (nSPS) is 22.7. The summed E-state index contributed by atoms with van der Waals surface area (Å²) in [6, 6.07) is 5.81. The number of nitrogens with one attached hydrogen (secondary N) is 1. The zero-order chi connectivity index (χ0) is 25.7. The van der Waals surface area contributed by atoms with Crippen LogP contribution in [0.2, 0.25) is 0 Å². The fourth-order valence-electron chi connectivity index (χ4n) is 4.89. The molecule has 2 fully saturated rings. The Morgan fingerprint density at radius 1 is 1.03 bits per heavy atom. The number of nitrogens with zero attached hydrogens (tertiary/aromatic N) is 2. The van der Waals surface area contributed by atoms with Gasteiger partial charge in [-0.3, -0.25) is 14.4 Å². The summed E-state index contributed by atoms with van der Waals surface area (Å²) in [5.74, 6) is -2.87. The van der Waals surface area contributed by atoms with Crippen molar-refractivity contribution in [1.82, 2.24) is 15.1 Å². The number of likely N-dealkylation sites (tertiary alicyclic amines) is 2. The number of carboxylic acid groups (broad SMARTS) is 1. The molecule has 1 aromatic carbocycles. The average molecular weight is 489 g/mol. The van der Waals surface area contributed by atoms with Crippen LogP contribution in [0.5, 0.6) is 0 Å². The molecule has 0 aliphatic carbocycles. The van der Waals surface area contributed by atoms with Gasteiger partial charge in [0.1, 0.15) is 24.2 Å². The van der Waals surface area contributed by atoms with Crippen molar-refractivity contribution >= 4 is 23.7 Å². The lowest BCUT2D eigenvalue weighted by Crippen LogP contribution is -2.59. The van der Waals surface area contributed by atoms with Crippen LogP contribution >= 0.6 is 0 Å². The Hall–Kier alpha value is -2.98. The van der Waals surface area contributed by atoms with Crippen molar-refractivity contribution in [3.8, 4) is 0 Å². The van der Waals surface area contributed by atoms with Gasteiger partial charge in [0.2, 0.25) is 11.8 Å². The van der Waals surface area contributed by atoms with E-state index in [4.69, 9.17) is 5.73 Å².